The summed E-state index contributed by atoms with van der Waals surface area (Å²) in [6, 6.07) is 4.17. The molecule has 0 radical (unpaired) electrons. The van der Waals surface area contributed by atoms with Gasteiger partial charge in [-0.1, -0.05) is 12.1 Å². The van der Waals surface area contributed by atoms with Crippen LogP contribution in [0.25, 0.3) is 0 Å². The number of hydrogen-bond donors (Lipinski definition) is 4. The van der Waals surface area contributed by atoms with Gasteiger partial charge in [-0.3, -0.25) is 19.2 Å². The highest BCUT2D eigenvalue weighted by molar-refractivity contribution is 7.74. The highest BCUT2D eigenvalue weighted by atomic mass is 31.2. The Morgan fingerprint density at radius 3 is 2.29 bits per heavy atom. The van der Waals surface area contributed by atoms with Gasteiger partial charge in [0.1, 0.15) is 0 Å². The third-order valence-electron chi connectivity index (χ3n) is 2.61. The Balaban J connectivity index is 3.36. The summed E-state index contributed by atoms with van der Waals surface area (Å²) in [5.41, 5.74) is -0.694. The van der Waals surface area contributed by atoms with E-state index in [0.29, 0.717) is 0 Å². The maximum atomic E-state index is 11.5. The zero-order chi connectivity index (χ0) is 16.5. The van der Waals surface area contributed by atoms with E-state index in [-0.39, 0.29) is 5.56 Å². The van der Waals surface area contributed by atoms with Gasteiger partial charge < -0.3 is 19.8 Å². The van der Waals surface area contributed by atoms with E-state index in [1.807, 2.05) is 0 Å². The number of benzene rings is 1. The SMILES string of the molecule is O=NP(=O)(O)C(O)(Cc1cccc([N+](=O)[O-])c1)P(=O)(O)O. The van der Waals surface area contributed by atoms with Crippen LogP contribution in [0, 0.1) is 15.0 Å². The van der Waals surface area contributed by atoms with Gasteiger partial charge >= 0.3 is 15.1 Å². The van der Waals surface area contributed by atoms with Crippen LogP contribution in [0.1, 0.15) is 5.56 Å². The van der Waals surface area contributed by atoms with Crippen LogP contribution in [-0.2, 0) is 15.6 Å². The number of non-ortho nitro benzene ring substituents is 1. The van der Waals surface area contributed by atoms with Gasteiger partial charge in [0.25, 0.3) is 10.8 Å². The summed E-state index contributed by atoms with van der Waals surface area (Å²) < 4.78 is 22.7. The number of aliphatic hydroxyl groups is 1. The fraction of sp³-hybridized carbons (Fsp3) is 0.250. The number of nitro groups is 1. The molecule has 0 aliphatic rings. The first kappa shape index (κ1) is 17.6. The molecular formula is C8H10N2O9P2. The van der Waals surface area contributed by atoms with Crippen molar-refractivity contribution < 1.29 is 33.8 Å². The Bertz CT molecular complexity index is 671. The highest BCUT2D eigenvalue weighted by Crippen LogP contribution is 2.71. The first-order valence-electron chi connectivity index (χ1n) is 5.14. The minimum atomic E-state index is -5.65. The smallest absolute Gasteiger partial charge is 0.368 e. The summed E-state index contributed by atoms with van der Waals surface area (Å²) in [6.45, 7) is 0. The van der Waals surface area contributed by atoms with Crippen molar-refractivity contribution in [2.45, 2.75) is 11.5 Å². The van der Waals surface area contributed by atoms with E-state index in [1.165, 1.54) is 0 Å². The maximum absolute atomic E-state index is 11.5. The Morgan fingerprint density at radius 1 is 1.29 bits per heavy atom. The van der Waals surface area contributed by atoms with Crippen molar-refractivity contribution >= 4 is 20.8 Å². The molecule has 11 nitrogen and oxygen atoms in total. The lowest BCUT2D eigenvalue weighted by Crippen LogP contribution is -2.30. The molecule has 0 aliphatic carbocycles. The molecule has 4 N–H and O–H groups in total. The summed E-state index contributed by atoms with van der Waals surface area (Å²) in [4.78, 5) is 49.1. The van der Waals surface area contributed by atoms with E-state index in [9.17, 15) is 34.2 Å². The summed E-state index contributed by atoms with van der Waals surface area (Å²) in [5, 5.41) is 16.7. The van der Waals surface area contributed by atoms with Gasteiger partial charge in [-0.15, -0.1) is 4.91 Å². The third-order valence-corrected chi connectivity index (χ3v) is 6.57. The molecule has 1 rings (SSSR count). The van der Waals surface area contributed by atoms with E-state index < -0.39 is 37.2 Å². The molecule has 0 fully saturated rings. The predicted octanol–water partition coefficient (Wildman–Crippen LogP) is 0.913. The molecule has 0 saturated carbocycles. The van der Waals surface area contributed by atoms with Crippen LogP contribution in [-0.4, -0.2) is 29.8 Å². The zero-order valence-electron chi connectivity index (χ0n) is 10.1. The molecule has 0 spiro atoms. The van der Waals surface area contributed by atoms with Crippen molar-refractivity contribution in [2.75, 3.05) is 0 Å². The van der Waals surface area contributed by atoms with Crippen LogP contribution in [0.4, 0.5) is 5.69 Å². The molecule has 2 atom stereocenters. The molecule has 1 aromatic rings. The normalized spacial score (nSPS) is 17.5. The van der Waals surface area contributed by atoms with E-state index in [4.69, 9.17) is 9.79 Å². The van der Waals surface area contributed by atoms with E-state index in [0.717, 1.165) is 24.3 Å². The Kier molecular flexibility index (Phi) is 4.79. The van der Waals surface area contributed by atoms with Crippen molar-refractivity contribution in [1.82, 2.24) is 0 Å². The van der Waals surface area contributed by atoms with Gasteiger partial charge in [-0.25, -0.2) is 0 Å². The van der Waals surface area contributed by atoms with Gasteiger partial charge in [0.2, 0.25) is 0 Å². The van der Waals surface area contributed by atoms with Gasteiger partial charge in [0.15, 0.2) is 0 Å². The monoisotopic (exact) mass is 340 g/mol. The zero-order valence-corrected chi connectivity index (χ0v) is 11.9. The van der Waals surface area contributed by atoms with Crippen molar-refractivity contribution in [3.05, 3.63) is 44.9 Å². The van der Waals surface area contributed by atoms with Crippen LogP contribution >= 0.6 is 15.1 Å². The van der Waals surface area contributed by atoms with Crippen LogP contribution < -0.4 is 0 Å². The average Bonchev–Trinajstić information content (AvgIpc) is 2.37. The summed E-state index contributed by atoms with van der Waals surface area (Å²) in [7, 11) is -11.2. The second kappa shape index (κ2) is 5.72. The molecule has 1 aromatic carbocycles. The number of rotatable bonds is 6. The largest absolute Gasteiger partial charge is 0.393 e. The lowest BCUT2D eigenvalue weighted by Gasteiger charge is -2.28. The van der Waals surface area contributed by atoms with E-state index in [2.05, 4.69) is 0 Å². The minimum absolute atomic E-state index is 0.229. The third kappa shape index (κ3) is 3.41. The Labute approximate surface area is 117 Å². The number of nitrogens with zero attached hydrogens (tertiary/aromatic N) is 2. The van der Waals surface area contributed by atoms with Crippen LogP contribution in [0.2, 0.25) is 0 Å². The summed E-state index contributed by atoms with van der Waals surface area (Å²) >= 11 is 0. The summed E-state index contributed by atoms with van der Waals surface area (Å²) in [6.07, 6.45) is -1.17. The molecule has 13 heteroatoms. The number of hydrogen-bond acceptors (Lipinski definition) is 6. The standard InChI is InChI=1S/C8H10N2O9P2/c11-8(21(17,18)19,20(15,16)9-12)5-6-2-1-3-7(4-6)10(13)14/h1-4,11H,5H2,(H,15,16)(H2,17,18,19). The van der Waals surface area contributed by atoms with Crippen LogP contribution in [0.15, 0.2) is 29.2 Å². The van der Waals surface area contributed by atoms with Gasteiger partial charge in [-0.2, -0.15) is 0 Å². The first-order valence-corrected chi connectivity index (χ1v) is 8.36. The minimum Gasteiger partial charge on any atom is -0.368 e. The van der Waals surface area contributed by atoms with Gasteiger partial charge in [0.05, 0.1) is 4.92 Å². The second-order valence-electron chi connectivity index (χ2n) is 4.05. The Hall–Kier alpha value is -1.48. The quantitative estimate of drug-likeness (QED) is 0.252. The lowest BCUT2D eigenvalue weighted by atomic mass is 10.1. The van der Waals surface area contributed by atoms with Crippen molar-refractivity contribution in [3.63, 3.8) is 0 Å². The number of nitro benzene ring substituents is 1. The molecule has 116 valence electrons. The van der Waals surface area contributed by atoms with E-state index in [1.54, 1.807) is 4.95 Å². The lowest BCUT2D eigenvalue weighted by molar-refractivity contribution is -0.384. The van der Waals surface area contributed by atoms with Crippen LogP contribution in [0.3, 0.4) is 0 Å². The molecule has 0 bridgehead atoms. The average molecular weight is 340 g/mol. The molecule has 0 aromatic heterocycles. The maximum Gasteiger partial charge on any atom is 0.393 e. The summed E-state index contributed by atoms with van der Waals surface area (Å²) in [5.74, 6) is 0. The van der Waals surface area contributed by atoms with Crippen molar-refractivity contribution in [3.8, 4) is 0 Å². The number of nitroso groups, excluding NO2 is 1. The molecule has 2 unspecified atom stereocenters. The molecule has 0 aliphatic heterocycles. The molecule has 0 amide bonds. The van der Waals surface area contributed by atoms with Crippen molar-refractivity contribution in [1.29, 1.82) is 0 Å². The topological polar surface area (TPSA) is 188 Å². The van der Waals surface area contributed by atoms with E-state index >= 15 is 0 Å². The first-order chi connectivity index (χ1) is 9.44. The van der Waals surface area contributed by atoms with Crippen molar-refractivity contribution in [2.24, 2.45) is 4.95 Å². The van der Waals surface area contributed by atoms with Crippen LogP contribution in [0.5, 0.6) is 0 Å². The van der Waals surface area contributed by atoms with Gasteiger partial charge in [0, 0.05) is 23.5 Å². The molecule has 0 heterocycles. The Morgan fingerprint density at radius 2 is 1.86 bits per heavy atom. The van der Waals surface area contributed by atoms with Gasteiger partial charge in [-0.05, 0) is 5.56 Å². The molecular weight excluding hydrogens is 330 g/mol. The fourth-order valence-corrected chi connectivity index (χ4v) is 3.87. The fourth-order valence-electron chi connectivity index (χ4n) is 1.49. The highest BCUT2D eigenvalue weighted by Gasteiger charge is 2.61. The predicted molar refractivity (Wildman–Crippen MR) is 69.4 cm³/mol. The molecule has 21 heavy (non-hydrogen) atoms. The second-order valence-corrected chi connectivity index (χ2v) is 8.22. The molecule has 0 saturated heterocycles.